The molecular weight excluding hydrogens is 594 g/mol. The SMILES string of the molecule is CCOC(=O)CC1[C@@H]2[C@@H](NCc3ccccc3)c3cc(OCCCO)ccc3N2C(=O)[C@H](CC(C)C)N1C(=O)CCc1ccccc1. The quantitative estimate of drug-likeness (QED) is 0.173. The zero-order valence-electron chi connectivity index (χ0n) is 27.6. The molecule has 47 heavy (non-hydrogen) atoms. The molecule has 2 aliphatic heterocycles. The number of carbonyl (C=O) groups is 3. The molecule has 2 aliphatic rings. The summed E-state index contributed by atoms with van der Waals surface area (Å²) in [5, 5.41) is 13.0. The second-order valence-corrected chi connectivity index (χ2v) is 12.7. The number of anilines is 1. The fourth-order valence-corrected chi connectivity index (χ4v) is 6.88. The fraction of sp³-hybridized carbons (Fsp3) is 0.447. The van der Waals surface area contributed by atoms with E-state index in [-0.39, 0.29) is 43.8 Å². The monoisotopic (exact) mass is 641 g/mol. The van der Waals surface area contributed by atoms with Gasteiger partial charge in [0, 0.05) is 31.7 Å². The smallest absolute Gasteiger partial charge is 0.307 e. The van der Waals surface area contributed by atoms with Gasteiger partial charge >= 0.3 is 5.97 Å². The van der Waals surface area contributed by atoms with Gasteiger partial charge in [-0.15, -0.1) is 0 Å². The van der Waals surface area contributed by atoms with E-state index < -0.39 is 30.1 Å². The molecule has 1 unspecified atom stereocenters. The van der Waals surface area contributed by atoms with Crippen molar-refractivity contribution >= 4 is 23.5 Å². The van der Waals surface area contributed by atoms with Crippen molar-refractivity contribution in [2.24, 2.45) is 5.92 Å². The number of hydrogen-bond acceptors (Lipinski definition) is 7. The Hall–Kier alpha value is -4.21. The molecule has 0 bridgehead atoms. The van der Waals surface area contributed by atoms with Crippen LogP contribution in [0.4, 0.5) is 5.69 Å². The first kappa shape index (κ1) is 34.1. The van der Waals surface area contributed by atoms with Crippen molar-refractivity contribution in [1.82, 2.24) is 10.2 Å². The lowest BCUT2D eigenvalue weighted by atomic mass is 9.87. The third-order valence-corrected chi connectivity index (χ3v) is 8.92. The van der Waals surface area contributed by atoms with Gasteiger partial charge in [-0.25, -0.2) is 0 Å². The van der Waals surface area contributed by atoms with Crippen molar-refractivity contribution < 1.29 is 29.0 Å². The minimum atomic E-state index is -0.727. The molecule has 0 radical (unpaired) electrons. The molecule has 0 saturated carbocycles. The summed E-state index contributed by atoms with van der Waals surface area (Å²) in [4.78, 5) is 45.9. The van der Waals surface area contributed by atoms with Gasteiger partial charge in [0.25, 0.3) is 0 Å². The van der Waals surface area contributed by atoms with Crippen molar-refractivity contribution in [2.45, 2.75) is 83.6 Å². The van der Waals surface area contributed by atoms with E-state index in [0.29, 0.717) is 38.2 Å². The number of rotatable bonds is 15. The number of hydrogen-bond donors (Lipinski definition) is 2. The van der Waals surface area contributed by atoms with Crippen molar-refractivity contribution in [1.29, 1.82) is 0 Å². The maximum Gasteiger partial charge on any atom is 0.307 e. The number of nitrogens with one attached hydrogen (secondary N) is 1. The van der Waals surface area contributed by atoms with Gasteiger partial charge < -0.3 is 29.7 Å². The first-order valence-electron chi connectivity index (χ1n) is 16.8. The molecule has 2 heterocycles. The van der Waals surface area contributed by atoms with Crippen LogP contribution in [-0.2, 0) is 32.1 Å². The molecule has 250 valence electrons. The molecule has 2 N–H and O–H groups in total. The molecule has 0 aliphatic carbocycles. The zero-order valence-corrected chi connectivity index (χ0v) is 27.6. The lowest BCUT2D eigenvalue weighted by molar-refractivity contribution is -0.153. The summed E-state index contributed by atoms with van der Waals surface area (Å²) in [7, 11) is 0. The number of ether oxygens (including phenoxy) is 2. The maximum absolute atomic E-state index is 14.7. The van der Waals surface area contributed by atoms with Gasteiger partial charge in [0.05, 0.1) is 37.8 Å². The summed E-state index contributed by atoms with van der Waals surface area (Å²) in [6.07, 6.45) is 1.68. The Kier molecular flexibility index (Phi) is 11.7. The number of nitrogens with zero attached hydrogens (tertiary/aromatic N) is 2. The third-order valence-electron chi connectivity index (χ3n) is 8.92. The molecule has 9 nitrogen and oxygen atoms in total. The molecule has 4 atom stereocenters. The predicted octanol–water partition coefficient (Wildman–Crippen LogP) is 5.21. The van der Waals surface area contributed by atoms with Gasteiger partial charge in [0.15, 0.2) is 0 Å². The molecule has 1 fully saturated rings. The molecule has 3 aromatic carbocycles. The van der Waals surface area contributed by atoms with Crippen LogP contribution in [0, 0.1) is 5.92 Å². The van der Waals surface area contributed by atoms with Crippen LogP contribution in [0.15, 0.2) is 78.9 Å². The molecule has 1 saturated heterocycles. The minimum Gasteiger partial charge on any atom is -0.493 e. The average Bonchev–Trinajstić information content (AvgIpc) is 3.39. The molecule has 0 spiro atoms. The highest BCUT2D eigenvalue weighted by atomic mass is 16.5. The fourth-order valence-electron chi connectivity index (χ4n) is 6.88. The Morgan fingerprint density at radius 1 is 0.979 bits per heavy atom. The van der Waals surface area contributed by atoms with E-state index in [2.05, 4.69) is 5.32 Å². The van der Waals surface area contributed by atoms with Crippen LogP contribution in [0.3, 0.4) is 0 Å². The van der Waals surface area contributed by atoms with Crippen molar-refractivity contribution in [3.63, 3.8) is 0 Å². The summed E-state index contributed by atoms with van der Waals surface area (Å²) in [5.74, 6) is 0.0717. The van der Waals surface area contributed by atoms with Crippen molar-refractivity contribution in [3.8, 4) is 5.75 Å². The zero-order chi connectivity index (χ0) is 33.3. The number of aryl methyl sites for hydroxylation is 1. The van der Waals surface area contributed by atoms with Gasteiger partial charge in [-0.2, -0.15) is 0 Å². The highest BCUT2D eigenvalue weighted by Crippen LogP contribution is 2.48. The average molecular weight is 642 g/mol. The summed E-state index contributed by atoms with van der Waals surface area (Å²) in [5.41, 5.74) is 3.73. The molecule has 5 rings (SSSR count). The predicted molar refractivity (Wildman–Crippen MR) is 181 cm³/mol. The maximum atomic E-state index is 14.7. The van der Waals surface area contributed by atoms with E-state index in [1.807, 2.05) is 97.6 Å². The summed E-state index contributed by atoms with van der Waals surface area (Å²) in [6, 6.07) is 23.2. The normalized spacial score (nSPS) is 20.2. The number of fused-ring (bicyclic) bond motifs is 3. The van der Waals surface area contributed by atoms with Gasteiger partial charge in [0.2, 0.25) is 11.8 Å². The van der Waals surface area contributed by atoms with Crippen molar-refractivity contribution in [3.05, 3.63) is 95.6 Å². The van der Waals surface area contributed by atoms with E-state index in [4.69, 9.17) is 9.47 Å². The number of esters is 1. The summed E-state index contributed by atoms with van der Waals surface area (Å²) >= 11 is 0. The third kappa shape index (κ3) is 8.03. The van der Waals surface area contributed by atoms with Crippen LogP contribution in [0.2, 0.25) is 0 Å². The Balaban J connectivity index is 1.58. The Morgan fingerprint density at radius 3 is 2.34 bits per heavy atom. The van der Waals surface area contributed by atoms with Crippen LogP contribution in [0.1, 0.15) is 69.2 Å². The van der Waals surface area contributed by atoms with Crippen LogP contribution < -0.4 is 15.0 Å². The lowest BCUT2D eigenvalue weighted by Gasteiger charge is -2.50. The van der Waals surface area contributed by atoms with E-state index >= 15 is 0 Å². The standard InChI is InChI=1S/C38H47N3O6/c1-4-46-35(44)24-32-37-36(39-25-28-14-9-6-10-15-28)30-23-29(47-21-11-20-42)17-18-31(30)41(37)38(45)33(22-26(2)3)40(32)34(43)19-16-27-12-7-5-8-13-27/h5-10,12-15,17-18,23,26,32-33,36-37,39,42H,4,11,16,19-22,24-25H2,1-3H3/t32?,33-,36-,37+/m0/s1. The number of carbonyl (C=O) groups excluding carboxylic acids is 3. The largest absolute Gasteiger partial charge is 0.493 e. The Bertz CT molecular complexity index is 1500. The first-order chi connectivity index (χ1) is 22.8. The minimum absolute atomic E-state index is 0.0253. The van der Waals surface area contributed by atoms with Crippen molar-refractivity contribution in [2.75, 3.05) is 24.7 Å². The molecular formula is C38H47N3O6. The number of amides is 2. The Labute approximate surface area is 277 Å². The van der Waals surface area contributed by atoms with Crippen LogP contribution >= 0.6 is 0 Å². The number of aliphatic hydroxyl groups excluding tert-OH is 1. The second-order valence-electron chi connectivity index (χ2n) is 12.7. The van der Waals surface area contributed by atoms with E-state index in [1.54, 1.807) is 11.8 Å². The van der Waals surface area contributed by atoms with Gasteiger partial charge in [-0.3, -0.25) is 14.4 Å². The highest BCUT2D eigenvalue weighted by Gasteiger charge is 2.56. The van der Waals surface area contributed by atoms with Gasteiger partial charge in [-0.1, -0.05) is 74.5 Å². The first-order valence-corrected chi connectivity index (χ1v) is 16.8. The number of benzene rings is 3. The lowest BCUT2D eigenvalue weighted by Crippen LogP contribution is -2.69. The number of piperazine rings is 1. The van der Waals surface area contributed by atoms with Crippen LogP contribution in [0.25, 0.3) is 0 Å². The van der Waals surface area contributed by atoms with Gasteiger partial charge in [-0.05, 0) is 60.6 Å². The van der Waals surface area contributed by atoms with Crippen LogP contribution in [-0.4, -0.2) is 65.7 Å². The van der Waals surface area contributed by atoms with Crippen LogP contribution in [0.5, 0.6) is 5.75 Å². The molecule has 3 aromatic rings. The topological polar surface area (TPSA) is 108 Å². The molecule has 9 heteroatoms. The summed E-state index contributed by atoms with van der Waals surface area (Å²) < 4.78 is 11.4. The molecule has 2 amide bonds. The highest BCUT2D eigenvalue weighted by molar-refractivity contribution is 6.04. The number of aliphatic hydroxyl groups is 1. The summed E-state index contributed by atoms with van der Waals surface area (Å²) in [6.45, 7) is 6.98. The van der Waals surface area contributed by atoms with Gasteiger partial charge in [0.1, 0.15) is 11.8 Å². The van der Waals surface area contributed by atoms with E-state index in [1.165, 1.54) is 0 Å². The van der Waals surface area contributed by atoms with E-state index in [9.17, 15) is 19.5 Å². The Morgan fingerprint density at radius 2 is 1.68 bits per heavy atom. The second kappa shape index (κ2) is 16.1. The van der Waals surface area contributed by atoms with E-state index in [0.717, 1.165) is 22.4 Å². The molecule has 0 aromatic heterocycles.